The lowest BCUT2D eigenvalue weighted by Gasteiger charge is -1.98. The van der Waals surface area contributed by atoms with E-state index in [0.29, 0.717) is 0 Å². The van der Waals surface area contributed by atoms with E-state index < -0.39 is 0 Å². The Balaban J connectivity index is 1.63. The SMILES string of the molecule is c1ccc(CCSc2nc3ccccc3s2)cc1. The van der Waals surface area contributed by atoms with Gasteiger partial charge in [-0.2, -0.15) is 0 Å². The van der Waals surface area contributed by atoms with Crippen molar-refractivity contribution in [2.45, 2.75) is 10.8 Å². The molecule has 1 nitrogen and oxygen atoms in total. The summed E-state index contributed by atoms with van der Waals surface area (Å²) in [6.07, 6.45) is 1.10. The molecule has 0 spiro atoms. The van der Waals surface area contributed by atoms with Gasteiger partial charge in [0.2, 0.25) is 0 Å². The van der Waals surface area contributed by atoms with E-state index >= 15 is 0 Å². The van der Waals surface area contributed by atoms with Crippen molar-refractivity contribution in [2.75, 3.05) is 5.75 Å². The number of rotatable bonds is 4. The Bertz CT molecular complexity index is 598. The number of nitrogens with zero attached hydrogens (tertiary/aromatic N) is 1. The quantitative estimate of drug-likeness (QED) is 0.642. The van der Waals surface area contributed by atoms with Crippen molar-refractivity contribution in [3.63, 3.8) is 0 Å². The van der Waals surface area contributed by atoms with Crippen molar-refractivity contribution in [2.24, 2.45) is 0 Å². The highest BCUT2D eigenvalue weighted by Crippen LogP contribution is 2.29. The molecule has 3 rings (SSSR count). The largest absolute Gasteiger partial charge is 0.230 e. The van der Waals surface area contributed by atoms with Gasteiger partial charge in [-0.05, 0) is 24.1 Å². The van der Waals surface area contributed by atoms with Crippen LogP contribution in [-0.4, -0.2) is 10.7 Å². The zero-order valence-electron chi connectivity index (χ0n) is 9.87. The van der Waals surface area contributed by atoms with Gasteiger partial charge in [0, 0.05) is 5.75 Å². The molecular weight excluding hydrogens is 258 g/mol. The van der Waals surface area contributed by atoms with Crippen LogP contribution in [0.4, 0.5) is 0 Å². The maximum absolute atomic E-state index is 4.63. The van der Waals surface area contributed by atoms with E-state index in [2.05, 4.69) is 53.5 Å². The predicted octanol–water partition coefficient (Wildman–Crippen LogP) is 4.63. The van der Waals surface area contributed by atoms with Crippen molar-refractivity contribution in [3.05, 3.63) is 60.2 Å². The van der Waals surface area contributed by atoms with Crippen molar-refractivity contribution >= 4 is 33.3 Å². The fraction of sp³-hybridized carbons (Fsp3) is 0.133. The Hall–Kier alpha value is -1.32. The summed E-state index contributed by atoms with van der Waals surface area (Å²) in [5.41, 5.74) is 2.51. The second-order valence-electron chi connectivity index (χ2n) is 4.03. The Labute approximate surface area is 115 Å². The van der Waals surface area contributed by atoms with E-state index in [1.807, 2.05) is 17.8 Å². The molecule has 0 aliphatic carbocycles. The number of thiazole rings is 1. The van der Waals surface area contributed by atoms with Crippen LogP contribution >= 0.6 is 23.1 Å². The number of aromatic nitrogens is 1. The summed E-state index contributed by atoms with van der Waals surface area (Å²) < 4.78 is 2.45. The summed E-state index contributed by atoms with van der Waals surface area (Å²) in [7, 11) is 0. The Morgan fingerprint density at radius 2 is 1.72 bits per heavy atom. The highest BCUT2D eigenvalue weighted by atomic mass is 32.2. The van der Waals surface area contributed by atoms with E-state index in [-0.39, 0.29) is 0 Å². The normalized spacial score (nSPS) is 10.9. The lowest BCUT2D eigenvalue weighted by Crippen LogP contribution is -1.87. The topological polar surface area (TPSA) is 12.9 Å². The molecule has 0 saturated heterocycles. The molecule has 0 N–H and O–H groups in total. The van der Waals surface area contributed by atoms with Gasteiger partial charge in [0.05, 0.1) is 10.2 Å². The van der Waals surface area contributed by atoms with Gasteiger partial charge in [-0.3, -0.25) is 0 Å². The van der Waals surface area contributed by atoms with Crippen LogP contribution in [0.3, 0.4) is 0 Å². The minimum Gasteiger partial charge on any atom is -0.230 e. The number of thioether (sulfide) groups is 1. The second-order valence-corrected chi connectivity index (χ2v) is 6.40. The molecule has 0 unspecified atom stereocenters. The van der Waals surface area contributed by atoms with Gasteiger partial charge in [-0.25, -0.2) is 4.98 Å². The van der Waals surface area contributed by atoms with E-state index in [1.54, 1.807) is 11.3 Å². The maximum Gasteiger partial charge on any atom is 0.151 e. The zero-order chi connectivity index (χ0) is 12.2. The Kier molecular flexibility index (Phi) is 3.62. The molecule has 0 fully saturated rings. The highest BCUT2D eigenvalue weighted by molar-refractivity contribution is 8.01. The van der Waals surface area contributed by atoms with Gasteiger partial charge in [0.15, 0.2) is 4.34 Å². The first kappa shape index (κ1) is 11.8. The van der Waals surface area contributed by atoms with Crippen molar-refractivity contribution in [1.29, 1.82) is 0 Å². The molecule has 3 heteroatoms. The molecule has 0 radical (unpaired) electrons. The number of fused-ring (bicyclic) bond motifs is 1. The van der Waals surface area contributed by atoms with E-state index in [9.17, 15) is 0 Å². The number of benzene rings is 2. The van der Waals surface area contributed by atoms with E-state index in [0.717, 1.165) is 17.7 Å². The smallest absolute Gasteiger partial charge is 0.151 e. The molecule has 0 saturated carbocycles. The lowest BCUT2D eigenvalue weighted by atomic mass is 10.2. The van der Waals surface area contributed by atoms with Gasteiger partial charge < -0.3 is 0 Å². The van der Waals surface area contributed by atoms with Crippen LogP contribution in [0.1, 0.15) is 5.56 Å². The van der Waals surface area contributed by atoms with Gasteiger partial charge in [-0.1, -0.05) is 54.2 Å². The van der Waals surface area contributed by atoms with Crippen LogP contribution in [0.5, 0.6) is 0 Å². The van der Waals surface area contributed by atoms with Crippen LogP contribution in [0.25, 0.3) is 10.2 Å². The van der Waals surface area contributed by atoms with E-state index in [4.69, 9.17) is 0 Å². The minimum atomic E-state index is 1.09. The molecule has 1 heterocycles. The molecule has 2 aromatic carbocycles. The summed E-state index contributed by atoms with van der Waals surface area (Å²) in [4.78, 5) is 4.63. The summed E-state index contributed by atoms with van der Waals surface area (Å²) in [5, 5.41) is 0. The summed E-state index contributed by atoms with van der Waals surface area (Å²) >= 11 is 3.63. The monoisotopic (exact) mass is 271 g/mol. The van der Waals surface area contributed by atoms with Crippen LogP contribution in [0.15, 0.2) is 58.9 Å². The lowest BCUT2D eigenvalue weighted by molar-refractivity contribution is 1.15. The fourth-order valence-corrected chi connectivity index (χ4v) is 3.94. The fourth-order valence-electron chi connectivity index (χ4n) is 1.81. The number of para-hydroxylation sites is 1. The van der Waals surface area contributed by atoms with Crippen LogP contribution in [-0.2, 0) is 6.42 Å². The molecule has 0 aliphatic heterocycles. The first-order valence-electron chi connectivity index (χ1n) is 5.94. The third-order valence-electron chi connectivity index (χ3n) is 2.73. The number of aryl methyl sites for hydroxylation is 1. The molecule has 0 atom stereocenters. The minimum absolute atomic E-state index is 1.09. The first-order chi connectivity index (χ1) is 8.92. The van der Waals surface area contributed by atoms with Crippen LogP contribution in [0, 0.1) is 0 Å². The summed E-state index contributed by atoms with van der Waals surface area (Å²) in [6.45, 7) is 0. The standard InChI is InChI=1S/C15H13NS2/c1-2-6-12(7-3-1)10-11-17-15-16-13-8-4-5-9-14(13)18-15/h1-9H,10-11H2. The van der Waals surface area contributed by atoms with Crippen LogP contribution < -0.4 is 0 Å². The third kappa shape index (κ3) is 2.74. The molecule has 18 heavy (non-hydrogen) atoms. The summed E-state index contributed by atoms with van der Waals surface area (Å²) in [5.74, 6) is 1.09. The molecule has 90 valence electrons. The first-order valence-corrected chi connectivity index (χ1v) is 7.74. The molecule has 1 aromatic heterocycles. The van der Waals surface area contributed by atoms with Crippen LogP contribution in [0.2, 0.25) is 0 Å². The molecule has 0 aliphatic rings. The highest BCUT2D eigenvalue weighted by Gasteiger charge is 2.03. The molecule has 0 bridgehead atoms. The molecule has 0 amide bonds. The van der Waals surface area contributed by atoms with Gasteiger partial charge in [-0.15, -0.1) is 11.3 Å². The van der Waals surface area contributed by atoms with E-state index in [1.165, 1.54) is 14.6 Å². The maximum atomic E-state index is 4.63. The van der Waals surface area contributed by atoms with Crippen molar-refractivity contribution in [1.82, 2.24) is 4.98 Å². The third-order valence-corrected chi connectivity index (χ3v) is 4.91. The van der Waals surface area contributed by atoms with Crippen molar-refractivity contribution < 1.29 is 0 Å². The van der Waals surface area contributed by atoms with Gasteiger partial charge >= 0.3 is 0 Å². The number of hydrogen-bond acceptors (Lipinski definition) is 3. The van der Waals surface area contributed by atoms with Gasteiger partial charge in [0.1, 0.15) is 0 Å². The molecule has 3 aromatic rings. The zero-order valence-corrected chi connectivity index (χ0v) is 11.5. The predicted molar refractivity (Wildman–Crippen MR) is 80.5 cm³/mol. The summed E-state index contributed by atoms with van der Waals surface area (Å²) in [6, 6.07) is 18.9. The Morgan fingerprint density at radius 1 is 0.944 bits per heavy atom. The second kappa shape index (κ2) is 5.55. The van der Waals surface area contributed by atoms with Gasteiger partial charge in [0.25, 0.3) is 0 Å². The average molecular weight is 271 g/mol. The molecular formula is C15H13NS2. The Morgan fingerprint density at radius 3 is 2.56 bits per heavy atom. The average Bonchev–Trinajstić information content (AvgIpc) is 2.82. The number of hydrogen-bond donors (Lipinski definition) is 0. The van der Waals surface area contributed by atoms with Crippen molar-refractivity contribution in [3.8, 4) is 0 Å².